The van der Waals surface area contributed by atoms with E-state index in [-0.39, 0.29) is 41.6 Å². The van der Waals surface area contributed by atoms with Crippen LogP contribution in [0.2, 0.25) is 0 Å². The van der Waals surface area contributed by atoms with Crippen molar-refractivity contribution in [3.63, 3.8) is 0 Å². The van der Waals surface area contributed by atoms with Gasteiger partial charge in [0.1, 0.15) is 28.9 Å². The number of nitrogens with one attached hydrogen (secondary N) is 1. The van der Waals surface area contributed by atoms with Crippen molar-refractivity contribution in [1.82, 2.24) is 10.2 Å². The normalized spacial score (nSPS) is 26.5. The summed E-state index contributed by atoms with van der Waals surface area (Å²) in [6.07, 6.45) is 2.00. The molecule has 2 amide bonds. The number of phenols is 1. The van der Waals surface area contributed by atoms with Gasteiger partial charge in [-0.05, 0) is 56.5 Å². The molecule has 37 heavy (non-hydrogen) atoms. The second-order valence-electron chi connectivity index (χ2n) is 11.0. The molecule has 0 saturated carbocycles. The van der Waals surface area contributed by atoms with Crippen LogP contribution >= 0.6 is 0 Å². The number of fused-ring (bicyclic) bond motifs is 4. The molecule has 0 spiro atoms. The summed E-state index contributed by atoms with van der Waals surface area (Å²) in [7, 11) is 1.65. The lowest BCUT2D eigenvalue weighted by atomic mass is 9.70. The molecular weight excluding hydrogens is 472 g/mol. The Morgan fingerprint density at radius 3 is 2.68 bits per heavy atom. The van der Waals surface area contributed by atoms with Crippen LogP contribution in [-0.2, 0) is 20.7 Å². The fourth-order valence-corrected chi connectivity index (χ4v) is 6.15. The van der Waals surface area contributed by atoms with Crippen molar-refractivity contribution in [1.29, 1.82) is 0 Å². The summed E-state index contributed by atoms with van der Waals surface area (Å²) >= 11 is 0. The van der Waals surface area contributed by atoms with Gasteiger partial charge in [0.05, 0.1) is 19.3 Å². The summed E-state index contributed by atoms with van der Waals surface area (Å²) < 4.78 is 18.6. The van der Waals surface area contributed by atoms with Gasteiger partial charge in [-0.3, -0.25) is 9.59 Å². The van der Waals surface area contributed by atoms with E-state index >= 15 is 0 Å². The highest BCUT2D eigenvalue weighted by Gasteiger charge is 2.51. The van der Waals surface area contributed by atoms with E-state index in [9.17, 15) is 14.7 Å². The number of benzene rings is 2. The minimum absolute atomic E-state index is 0.0604. The minimum atomic E-state index is -0.660. The first kappa shape index (κ1) is 25.4. The van der Waals surface area contributed by atoms with Crippen molar-refractivity contribution >= 4 is 11.8 Å². The number of aromatic hydroxyl groups is 1. The molecule has 5 rings (SSSR count). The topological polar surface area (TPSA) is 97.3 Å². The van der Waals surface area contributed by atoms with Gasteiger partial charge in [0.2, 0.25) is 11.8 Å². The number of carbonyl (C=O) groups is 2. The van der Waals surface area contributed by atoms with Crippen molar-refractivity contribution in [3.05, 3.63) is 53.6 Å². The zero-order valence-electron chi connectivity index (χ0n) is 21.9. The maximum atomic E-state index is 13.6. The molecule has 8 nitrogen and oxygen atoms in total. The first-order chi connectivity index (χ1) is 17.6. The van der Waals surface area contributed by atoms with E-state index in [0.717, 1.165) is 35.5 Å². The average molecular weight is 509 g/mol. The predicted molar refractivity (Wildman–Crippen MR) is 138 cm³/mol. The Balaban J connectivity index is 1.32. The number of ether oxygens (including phenoxy) is 3. The second-order valence-corrected chi connectivity index (χ2v) is 11.0. The molecule has 2 aromatic carbocycles. The van der Waals surface area contributed by atoms with Crippen LogP contribution in [0.5, 0.6) is 17.2 Å². The van der Waals surface area contributed by atoms with Crippen molar-refractivity contribution in [3.8, 4) is 17.2 Å². The Morgan fingerprint density at radius 1 is 1.22 bits per heavy atom. The highest BCUT2D eigenvalue weighted by atomic mass is 16.5. The number of rotatable bonds is 5. The van der Waals surface area contributed by atoms with Crippen LogP contribution < -0.4 is 14.8 Å². The van der Waals surface area contributed by atoms with E-state index in [1.807, 2.05) is 23.1 Å². The predicted octanol–water partition coefficient (Wildman–Crippen LogP) is 3.61. The molecule has 2 fully saturated rings. The lowest BCUT2D eigenvalue weighted by Gasteiger charge is -2.53. The van der Waals surface area contributed by atoms with E-state index in [0.29, 0.717) is 19.5 Å². The Labute approximate surface area is 217 Å². The lowest BCUT2D eigenvalue weighted by Crippen LogP contribution is -2.58. The third-order valence-electron chi connectivity index (χ3n) is 8.06. The van der Waals surface area contributed by atoms with Crippen molar-refractivity contribution < 1.29 is 28.9 Å². The molecule has 0 bridgehead atoms. The number of hydrogen-bond donors (Lipinski definition) is 2. The third kappa shape index (κ3) is 5.12. The van der Waals surface area contributed by atoms with Crippen LogP contribution in [-0.4, -0.2) is 59.8 Å². The Hall–Kier alpha value is -3.26. The monoisotopic (exact) mass is 508 g/mol. The molecule has 2 saturated heterocycles. The Bertz CT molecular complexity index is 1160. The largest absolute Gasteiger partial charge is 0.508 e. The summed E-state index contributed by atoms with van der Waals surface area (Å²) in [5, 5.41) is 12.4. The summed E-state index contributed by atoms with van der Waals surface area (Å²) in [5.74, 6) is 1.74. The molecular formula is C29H36N2O6. The molecule has 0 radical (unpaired) electrons. The molecule has 5 atom stereocenters. The molecule has 0 aliphatic carbocycles. The van der Waals surface area contributed by atoms with Crippen molar-refractivity contribution in [2.24, 2.45) is 11.8 Å². The molecule has 3 aliphatic rings. The minimum Gasteiger partial charge on any atom is -0.508 e. The molecule has 2 N–H and O–H groups in total. The van der Waals surface area contributed by atoms with Gasteiger partial charge in [-0.1, -0.05) is 12.1 Å². The SMILES string of the molecule is COc1ccc2c(c1)OC(C)(C)[C@H]1C[C@@H]3CN(C(=O)[C@@H](Cc4ccc(O)cc4)NC(C)=O)CC[C@@H]3O[C@H]21. The van der Waals surface area contributed by atoms with E-state index < -0.39 is 11.6 Å². The fourth-order valence-electron chi connectivity index (χ4n) is 6.15. The Kier molecular flexibility index (Phi) is 6.79. The summed E-state index contributed by atoms with van der Waals surface area (Å²) in [6.45, 7) is 6.80. The van der Waals surface area contributed by atoms with Crippen molar-refractivity contribution in [2.75, 3.05) is 20.2 Å². The maximum absolute atomic E-state index is 13.6. The van der Waals surface area contributed by atoms with E-state index in [1.165, 1.54) is 6.92 Å². The average Bonchev–Trinajstić information content (AvgIpc) is 2.87. The van der Waals surface area contributed by atoms with Gasteiger partial charge in [0, 0.05) is 49.9 Å². The number of amides is 2. The quantitative estimate of drug-likeness (QED) is 0.641. The molecule has 3 heterocycles. The van der Waals surface area contributed by atoms with Crippen LogP contribution in [0.1, 0.15) is 50.8 Å². The first-order valence-corrected chi connectivity index (χ1v) is 13.0. The first-order valence-electron chi connectivity index (χ1n) is 13.0. The smallest absolute Gasteiger partial charge is 0.245 e. The van der Waals surface area contributed by atoms with Crippen LogP contribution in [0.25, 0.3) is 0 Å². The molecule has 0 aromatic heterocycles. The molecule has 0 unspecified atom stereocenters. The van der Waals surface area contributed by atoms with Crippen molar-refractivity contribution in [2.45, 2.75) is 63.9 Å². The molecule has 8 heteroatoms. The molecule has 198 valence electrons. The molecule has 2 aromatic rings. The van der Waals surface area contributed by atoms with Gasteiger partial charge >= 0.3 is 0 Å². The third-order valence-corrected chi connectivity index (χ3v) is 8.06. The number of nitrogens with zero attached hydrogens (tertiary/aromatic N) is 1. The zero-order chi connectivity index (χ0) is 26.3. The Morgan fingerprint density at radius 2 is 1.97 bits per heavy atom. The van der Waals surface area contributed by atoms with Crippen LogP contribution in [0.4, 0.5) is 0 Å². The number of likely N-dealkylation sites (tertiary alicyclic amines) is 1. The van der Waals surface area contributed by atoms with Gasteiger partial charge in [-0.2, -0.15) is 0 Å². The summed E-state index contributed by atoms with van der Waals surface area (Å²) in [4.78, 5) is 27.4. The summed E-state index contributed by atoms with van der Waals surface area (Å²) in [6, 6.07) is 12.0. The van der Waals surface area contributed by atoms with E-state index in [2.05, 4.69) is 19.2 Å². The van der Waals surface area contributed by atoms with Gasteiger partial charge < -0.3 is 29.5 Å². The van der Waals surface area contributed by atoms with E-state index in [4.69, 9.17) is 14.2 Å². The van der Waals surface area contributed by atoms with Gasteiger partial charge in [0.15, 0.2) is 0 Å². The van der Waals surface area contributed by atoms with Crippen LogP contribution in [0.3, 0.4) is 0 Å². The number of phenolic OH excluding ortho intramolecular Hbond substituents is 1. The van der Waals surface area contributed by atoms with Gasteiger partial charge in [-0.25, -0.2) is 0 Å². The van der Waals surface area contributed by atoms with Gasteiger partial charge in [-0.15, -0.1) is 0 Å². The lowest BCUT2D eigenvalue weighted by molar-refractivity contribution is -0.189. The fraction of sp³-hybridized carbons (Fsp3) is 0.517. The highest BCUT2D eigenvalue weighted by molar-refractivity contribution is 5.87. The number of methoxy groups -OCH3 is 1. The standard InChI is InChI=1S/C29H36N2O6/c1-17(32)30-24(13-18-5-7-20(33)8-6-18)28(34)31-12-11-25-19(16-31)14-23-27(36-25)22-10-9-21(35-4)15-26(22)37-29(23,2)3/h5-10,15,19,23-25,27,33H,11-14,16H2,1-4H3,(H,30,32)/t19-,23+,24-,25+,27-/m1/s1. The number of piperidine rings is 1. The second kappa shape index (κ2) is 9.89. The molecule has 3 aliphatic heterocycles. The highest BCUT2D eigenvalue weighted by Crippen LogP contribution is 2.53. The van der Waals surface area contributed by atoms with Crippen LogP contribution in [0, 0.1) is 11.8 Å². The van der Waals surface area contributed by atoms with Gasteiger partial charge in [0.25, 0.3) is 0 Å². The maximum Gasteiger partial charge on any atom is 0.245 e. The summed E-state index contributed by atoms with van der Waals surface area (Å²) in [5.41, 5.74) is 1.50. The number of carbonyl (C=O) groups excluding carboxylic acids is 2. The zero-order valence-corrected chi connectivity index (χ0v) is 21.9. The number of hydrogen-bond acceptors (Lipinski definition) is 6. The van der Waals surface area contributed by atoms with Crippen LogP contribution in [0.15, 0.2) is 42.5 Å². The van der Waals surface area contributed by atoms with E-state index in [1.54, 1.807) is 31.4 Å².